The summed E-state index contributed by atoms with van der Waals surface area (Å²) in [5.41, 5.74) is 5.58. The van der Waals surface area contributed by atoms with Gasteiger partial charge in [0.1, 0.15) is 6.04 Å². The molecule has 1 atom stereocenters. The highest BCUT2D eigenvalue weighted by Gasteiger charge is 2.18. The first-order valence-electron chi connectivity index (χ1n) is 4.31. The van der Waals surface area contributed by atoms with Crippen molar-refractivity contribution in [2.75, 3.05) is 26.8 Å². The Labute approximate surface area is 79.3 Å². The second-order valence-electron chi connectivity index (χ2n) is 2.73. The lowest BCUT2D eigenvalue weighted by Gasteiger charge is -2.22. The van der Waals surface area contributed by atoms with Gasteiger partial charge in [-0.3, -0.25) is 4.79 Å². The van der Waals surface area contributed by atoms with E-state index in [1.54, 1.807) is 11.0 Å². The molecule has 0 aliphatic rings. The Morgan fingerprint density at radius 2 is 2.38 bits per heavy atom. The lowest BCUT2D eigenvalue weighted by atomic mass is 10.3. The minimum Gasteiger partial charge on any atom is -0.383 e. The summed E-state index contributed by atoms with van der Waals surface area (Å²) in [5.74, 6) is -0.0933. The first kappa shape index (κ1) is 12.1. The van der Waals surface area contributed by atoms with Gasteiger partial charge >= 0.3 is 0 Å². The molecule has 0 bridgehead atoms. The van der Waals surface area contributed by atoms with E-state index in [1.807, 2.05) is 6.92 Å². The van der Waals surface area contributed by atoms with Crippen molar-refractivity contribution in [3.63, 3.8) is 0 Å². The van der Waals surface area contributed by atoms with Crippen molar-refractivity contribution in [2.45, 2.75) is 13.0 Å². The van der Waals surface area contributed by atoms with Crippen LogP contribution in [0.4, 0.5) is 0 Å². The van der Waals surface area contributed by atoms with Gasteiger partial charge in [-0.15, -0.1) is 6.58 Å². The molecule has 4 heteroatoms. The third kappa shape index (κ3) is 4.05. The largest absolute Gasteiger partial charge is 0.383 e. The second-order valence-corrected chi connectivity index (χ2v) is 2.73. The average Bonchev–Trinajstić information content (AvgIpc) is 2.13. The summed E-state index contributed by atoms with van der Waals surface area (Å²) in [6.45, 7) is 6.91. The molecule has 0 saturated carbocycles. The second kappa shape index (κ2) is 6.62. The van der Waals surface area contributed by atoms with Gasteiger partial charge in [0.15, 0.2) is 0 Å². The van der Waals surface area contributed by atoms with Crippen molar-refractivity contribution >= 4 is 5.91 Å². The van der Waals surface area contributed by atoms with Gasteiger partial charge in [0.2, 0.25) is 5.91 Å². The van der Waals surface area contributed by atoms with Gasteiger partial charge in [-0.05, 0) is 6.92 Å². The monoisotopic (exact) mass is 186 g/mol. The molecule has 1 unspecified atom stereocenters. The summed E-state index contributed by atoms with van der Waals surface area (Å²) < 4.78 is 4.80. The van der Waals surface area contributed by atoms with Crippen LogP contribution in [0.15, 0.2) is 12.7 Å². The summed E-state index contributed by atoms with van der Waals surface area (Å²) in [5, 5.41) is 0. The molecule has 13 heavy (non-hydrogen) atoms. The molecule has 0 aromatic heterocycles. The number of hydrogen-bond acceptors (Lipinski definition) is 3. The Bertz CT molecular complexity index is 171. The average molecular weight is 186 g/mol. The standard InChI is InChI=1S/C9H18N2O2/c1-4-6-11(5-2)9(12)8(10)7-13-3/h4,8H,1,5-7,10H2,2-3H3. The number of carbonyl (C=O) groups excluding carboxylic acids is 1. The van der Waals surface area contributed by atoms with Crippen LogP contribution in [-0.2, 0) is 9.53 Å². The van der Waals surface area contributed by atoms with Gasteiger partial charge in [-0.25, -0.2) is 0 Å². The topological polar surface area (TPSA) is 55.6 Å². The van der Waals surface area contributed by atoms with E-state index in [4.69, 9.17) is 10.5 Å². The first-order valence-corrected chi connectivity index (χ1v) is 4.31. The minimum absolute atomic E-state index is 0.0933. The number of amides is 1. The Morgan fingerprint density at radius 3 is 2.77 bits per heavy atom. The van der Waals surface area contributed by atoms with Gasteiger partial charge in [0.05, 0.1) is 6.61 Å². The van der Waals surface area contributed by atoms with Gasteiger partial charge in [0, 0.05) is 20.2 Å². The first-order chi connectivity index (χ1) is 6.17. The van der Waals surface area contributed by atoms with Gasteiger partial charge in [0.25, 0.3) is 0 Å². The molecule has 0 fully saturated rings. The number of likely N-dealkylation sites (N-methyl/N-ethyl adjacent to an activating group) is 1. The maximum atomic E-state index is 11.5. The fraction of sp³-hybridized carbons (Fsp3) is 0.667. The van der Waals surface area contributed by atoms with Crippen LogP contribution >= 0.6 is 0 Å². The quantitative estimate of drug-likeness (QED) is 0.594. The number of rotatable bonds is 6. The summed E-state index contributed by atoms with van der Waals surface area (Å²) >= 11 is 0. The molecule has 0 saturated heterocycles. The molecule has 2 N–H and O–H groups in total. The highest BCUT2D eigenvalue weighted by molar-refractivity contribution is 5.81. The minimum atomic E-state index is -0.565. The Balaban J connectivity index is 4.09. The molecule has 1 amide bonds. The van der Waals surface area contributed by atoms with Crippen LogP contribution in [0.1, 0.15) is 6.92 Å². The van der Waals surface area contributed by atoms with Crippen LogP contribution in [0.3, 0.4) is 0 Å². The summed E-state index contributed by atoms with van der Waals surface area (Å²) in [6, 6.07) is -0.565. The molecule has 0 spiro atoms. The zero-order valence-electron chi connectivity index (χ0n) is 8.32. The van der Waals surface area contributed by atoms with Crippen molar-refractivity contribution in [1.82, 2.24) is 4.90 Å². The molecule has 0 radical (unpaired) electrons. The van der Waals surface area contributed by atoms with Crippen LogP contribution in [0, 0.1) is 0 Å². The van der Waals surface area contributed by atoms with Crippen LogP contribution in [0.2, 0.25) is 0 Å². The normalized spacial score (nSPS) is 12.2. The molecule has 4 nitrogen and oxygen atoms in total. The van der Waals surface area contributed by atoms with E-state index in [2.05, 4.69) is 6.58 Å². The summed E-state index contributed by atoms with van der Waals surface area (Å²) in [7, 11) is 1.52. The van der Waals surface area contributed by atoms with E-state index in [-0.39, 0.29) is 12.5 Å². The number of ether oxygens (including phenoxy) is 1. The smallest absolute Gasteiger partial charge is 0.242 e. The Hall–Kier alpha value is -0.870. The summed E-state index contributed by atoms with van der Waals surface area (Å²) in [4.78, 5) is 13.2. The zero-order chi connectivity index (χ0) is 10.3. The fourth-order valence-electron chi connectivity index (χ4n) is 1.02. The van der Waals surface area contributed by atoms with E-state index in [9.17, 15) is 4.79 Å². The maximum absolute atomic E-state index is 11.5. The maximum Gasteiger partial charge on any atom is 0.242 e. The van der Waals surface area contributed by atoms with Crippen LogP contribution in [-0.4, -0.2) is 43.7 Å². The zero-order valence-corrected chi connectivity index (χ0v) is 8.32. The van der Waals surface area contributed by atoms with Crippen molar-refractivity contribution in [1.29, 1.82) is 0 Å². The molecule has 0 aliphatic carbocycles. The summed E-state index contributed by atoms with van der Waals surface area (Å²) in [6.07, 6.45) is 1.68. The van der Waals surface area contributed by atoms with Crippen LogP contribution < -0.4 is 5.73 Å². The third-order valence-electron chi connectivity index (χ3n) is 1.71. The van der Waals surface area contributed by atoms with E-state index in [0.29, 0.717) is 13.1 Å². The number of hydrogen-bond donors (Lipinski definition) is 1. The highest BCUT2D eigenvalue weighted by atomic mass is 16.5. The molecular weight excluding hydrogens is 168 g/mol. The number of methoxy groups -OCH3 is 1. The molecular formula is C9H18N2O2. The molecule has 0 aliphatic heterocycles. The van der Waals surface area contributed by atoms with E-state index in [0.717, 1.165) is 0 Å². The van der Waals surface area contributed by atoms with Crippen molar-refractivity contribution in [3.05, 3.63) is 12.7 Å². The molecule has 76 valence electrons. The third-order valence-corrected chi connectivity index (χ3v) is 1.71. The predicted octanol–water partition coefficient (Wildman–Crippen LogP) is -0.00540. The van der Waals surface area contributed by atoms with Crippen molar-refractivity contribution in [2.24, 2.45) is 5.73 Å². The molecule has 0 aromatic rings. The van der Waals surface area contributed by atoms with E-state index < -0.39 is 6.04 Å². The molecule has 0 heterocycles. The molecule has 0 rings (SSSR count). The van der Waals surface area contributed by atoms with Crippen molar-refractivity contribution < 1.29 is 9.53 Å². The van der Waals surface area contributed by atoms with Crippen LogP contribution in [0.5, 0.6) is 0 Å². The fourth-order valence-corrected chi connectivity index (χ4v) is 1.02. The van der Waals surface area contributed by atoms with Crippen LogP contribution in [0.25, 0.3) is 0 Å². The lowest BCUT2D eigenvalue weighted by molar-refractivity contribution is -0.133. The van der Waals surface area contributed by atoms with Gasteiger partial charge in [-0.1, -0.05) is 6.08 Å². The molecule has 0 aromatic carbocycles. The van der Waals surface area contributed by atoms with Gasteiger partial charge in [-0.2, -0.15) is 0 Å². The SMILES string of the molecule is C=CCN(CC)C(=O)C(N)COC. The number of carbonyl (C=O) groups is 1. The Kier molecular flexibility index (Phi) is 6.18. The van der Waals surface area contributed by atoms with Gasteiger partial charge < -0.3 is 15.4 Å². The van der Waals surface area contributed by atoms with E-state index >= 15 is 0 Å². The number of nitrogens with two attached hydrogens (primary N) is 1. The predicted molar refractivity (Wildman–Crippen MR) is 52.3 cm³/mol. The number of nitrogens with zero attached hydrogens (tertiary/aromatic N) is 1. The van der Waals surface area contributed by atoms with E-state index in [1.165, 1.54) is 7.11 Å². The van der Waals surface area contributed by atoms with Crippen molar-refractivity contribution in [3.8, 4) is 0 Å². The highest BCUT2D eigenvalue weighted by Crippen LogP contribution is 1.94. The lowest BCUT2D eigenvalue weighted by Crippen LogP contribution is -2.46. The Morgan fingerprint density at radius 1 is 1.77 bits per heavy atom.